The molecular weight excluding hydrogens is 378 g/mol. The molecule has 4 rings (SSSR count). The minimum absolute atomic E-state index is 0.0206. The highest BCUT2D eigenvalue weighted by Crippen LogP contribution is 2.32. The van der Waals surface area contributed by atoms with E-state index < -0.39 is 0 Å². The predicted octanol–water partition coefficient (Wildman–Crippen LogP) is 3.34. The van der Waals surface area contributed by atoms with Crippen LogP contribution in [0.3, 0.4) is 0 Å². The van der Waals surface area contributed by atoms with Gasteiger partial charge in [0.25, 0.3) is 0 Å². The topological polar surface area (TPSA) is 88.8 Å². The Kier molecular flexibility index (Phi) is 5.56. The van der Waals surface area contributed by atoms with Crippen LogP contribution in [0.25, 0.3) is 6.08 Å². The molecule has 0 bridgehead atoms. The smallest absolute Gasteiger partial charge is 0.247 e. The minimum atomic E-state index is -0.0665. The highest BCUT2D eigenvalue weighted by atomic mass is 16.2. The van der Waals surface area contributed by atoms with Crippen LogP contribution in [-0.4, -0.2) is 42.1 Å². The van der Waals surface area contributed by atoms with Crippen LogP contribution in [0.4, 0.5) is 11.6 Å². The summed E-state index contributed by atoms with van der Waals surface area (Å²) in [4.78, 5) is 28.2. The van der Waals surface area contributed by atoms with E-state index in [2.05, 4.69) is 25.4 Å². The number of likely N-dealkylation sites (tertiary alicyclic amines) is 1. The van der Waals surface area contributed by atoms with E-state index >= 15 is 0 Å². The van der Waals surface area contributed by atoms with Crippen LogP contribution < -0.4 is 5.32 Å². The Labute approximate surface area is 175 Å². The number of carbonyl (C=O) groups is 1. The summed E-state index contributed by atoms with van der Waals surface area (Å²) in [6, 6.07) is 5.75. The quantitative estimate of drug-likeness (QED) is 0.657. The molecule has 0 radical (unpaired) electrons. The number of aryl methyl sites for hydroxylation is 3. The van der Waals surface area contributed by atoms with Gasteiger partial charge < -0.3 is 10.2 Å². The molecule has 0 saturated carbocycles. The fourth-order valence-electron chi connectivity index (χ4n) is 3.69. The van der Waals surface area contributed by atoms with Crippen molar-refractivity contribution in [3.05, 3.63) is 65.5 Å². The first kappa shape index (κ1) is 19.8. The molecule has 1 aliphatic heterocycles. The van der Waals surface area contributed by atoms with Crippen molar-refractivity contribution in [1.29, 1.82) is 0 Å². The summed E-state index contributed by atoms with van der Waals surface area (Å²) < 4.78 is 1.71. The van der Waals surface area contributed by atoms with Crippen molar-refractivity contribution in [2.45, 2.75) is 32.7 Å². The Balaban J connectivity index is 1.55. The van der Waals surface area contributed by atoms with Gasteiger partial charge in [0.15, 0.2) is 0 Å². The molecule has 1 amide bonds. The van der Waals surface area contributed by atoms with Crippen LogP contribution in [0, 0.1) is 13.8 Å². The van der Waals surface area contributed by atoms with Crippen molar-refractivity contribution in [3.63, 3.8) is 0 Å². The summed E-state index contributed by atoms with van der Waals surface area (Å²) in [6.45, 7) is 4.58. The Bertz CT molecular complexity index is 1090. The van der Waals surface area contributed by atoms with E-state index in [-0.39, 0.29) is 11.9 Å². The molecule has 3 aromatic rings. The molecule has 3 aromatic heterocycles. The van der Waals surface area contributed by atoms with Crippen LogP contribution in [0.15, 0.2) is 42.9 Å². The standard InChI is InChI=1S/C22H25N7O/c1-15-6-4-10-23-22(15)27-20-12-18(25-16(2)26-20)19-7-5-11-29(19)21(30)9-8-17-13-24-28(3)14-17/h4,6,8-10,12-14,19H,5,7,11H2,1-3H3,(H,23,25,26,27). The van der Waals surface area contributed by atoms with E-state index in [1.54, 1.807) is 29.2 Å². The number of carbonyl (C=O) groups excluding carboxylic acids is 1. The van der Waals surface area contributed by atoms with Crippen molar-refractivity contribution >= 4 is 23.6 Å². The summed E-state index contributed by atoms with van der Waals surface area (Å²) in [5.74, 6) is 2.09. The van der Waals surface area contributed by atoms with E-state index in [4.69, 9.17) is 0 Å². The highest BCUT2D eigenvalue weighted by Gasteiger charge is 2.30. The first-order chi connectivity index (χ1) is 14.5. The molecule has 30 heavy (non-hydrogen) atoms. The normalized spacial score (nSPS) is 16.4. The van der Waals surface area contributed by atoms with Crippen LogP contribution in [0.5, 0.6) is 0 Å². The van der Waals surface area contributed by atoms with Crippen molar-refractivity contribution in [1.82, 2.24) is 29.6 Å². The van der Waals surface area contributed by atoms with Crippen LogP contribution in [-0.2, 0) is 11.8 Å². The van der Waals surface area contributed by atoms with Gasteiger partial charge in [-0.05, 0) is 44.4 Å². The second kappa shape index (κ2) is 8.44. The summed E-state index contributed by atoms with van der Waals surface area (Å²) >= 11 is 0. The Morgan fingerprint density at radius 3 is 2.93 bits per heavy atom. The lowest BCUT2D eigenvalue weighted by Gasteiger charge is -2.23. The first-order valence-electron chi connectivity index (χ1n) is 10.0. The van der Waals surface area contributed by atoms with Gasteiger partial charge >= 0.3 is 0 Å². The average Bonchev–Trinajstić information content (AvgIpc) is 3.36. The van der Waals surface area contributed by atoms with Gasteiger partial charge in [0.2, 0.25) is 5.91 Å². The van der Waals surface area contributed by atoms with E-state index in [9.17, 15) is 4.79 Å². The molecule has 0 aromatic carbocycles. The molecule has 1 aliphatic rings. The zero-order valence-electron chi connectivity index (χ0n) is 17.4. The van der Waals surface area contributed by atoms with E-state index in [0.29, 0.717) is 18.2 Å². The number of pyridine rings is 1. The molecule has 1 unspecified atom stereocenters. The SMILES string of the molecule is Cc1nc(Nc2ncccc2C)cc(C2CCCN2C(=O)C=Cc2cnn(C)c2)n1. The van der Waals surface area contributed by atoms with Gasteiger partial charge in [-0.15, -0.1) is 0 Å². The molecule has 0 spiro atoms. The van der Waals surface area contributed by atoms with Gasteiger partial charge in [-0.25, -0.2) is 15.0 Å². The third-order valence-electron chi connectivity index (χ3n) is 5.13. The second-order valence-electron chi connectivity index (χ2n) is 7.49. The van der Waals surface area contributed by atoms with Gasteiger partial charge in [-0.3, -0.25) is 9.48 Å². The van der Waals surface area contributed by atoms with E-state index in [1.165, 1.54) is 0 Å². The maximum atomic E-state index is 12.9. The molecule has 8 heteroatoms. The van der Waals surface area contributed by atoms with Crippen molar-refractivity contribution in [2.24, 2.45) is 7.05 Å². The number of anilines is 2. The molecule has 8 nitrogen and oxygen atoms in total. The zero-order chi connectivity index (χ0) is 21.1. The first-order valence-corrected chi connectivity index (χ1v) is 10.0. The van der Waals surface area contributed by atoms with Crippen LogP contribution >= 0.6 is 0 Å². The second-order valence-corrected chi connectivity index (χ2v) is 7.49. The van der Waals surface area contributed by atoms with E-state index in [1.807, 2.05) is 50.2 Å². The highest BCUT2D eigenvalue weighted by molar-refractivity contribution is 5.92. The van der Waals surface area contributed by atoms with Crippen molar-refractivity contribution in [3.8, 4) is 0 Å². The lowest BCUT2D eigenvalue weighted by Crippen LogP contribution is -2.29. The number of nitrogens with zero attached hydrogens (tertiary/aromatic N) is 6. The Hall–Kier alpha value is -3.55. The minimum Gasteiger partial charge on any atom is -0.331 e. The molecule has 1 atom stereocenters. The summed E-state index contributed by atoms with van der Waals surface area (Å²) in [5, 5.41) is 7.41. The number of rotatable bonds is 5. The van der Waals surface area contributed by atoms with Crippen LogP contribution in [0.2, 0.25) is 0 Å². The molecule has 154 valence electrons. The maximum absolute atomic E-state index is 12.9. The number of amides is 1. The third kappa shape index (κ3) is 4.37. The lowest BCUT2D eigenvalue weighted by molar-refractivity contribution is -0.126. The molecule has 1 saturated heterocycles. The van der Waals surface area contributed by atoms with Gasteiger partial charge in [0.05, 0.1) is 17.9 Å². The molecular formula is C22H25N7O. The summed E-state index contributed by atoms with van der Waals surface area (Å²) in [7, 11) is 1.85. The fourth-order valence-corrected chi connectivity index (χ4v) is 3.69. The monoisotopic (exact) mass is 403 g/mol. The third-order valence-corrected chi connectivity index (χ3v) is 5.13. The van der Waals surface area contributed by atoms with Gasteiger partial charge in [-0.2, -0.15) is 5.10 Å². The molecule has 1 fully saturated rings. The van der Waals surface area contributed by atoms with Crippen molar-refractivity contribution in [2.75, 3.05) is 11.9 Å². The lowest BCUT2D eigenvalue weighted by atomic mass is 10.1. The predicted molar refractivity (Wildman–Crippen MR) is 115 cm³/mol. The van der Waals surface area contributed by atoms with Crippen molar-refractivity contribution < 1.29 is 4.79 Å². The number of hydrogen-bond donors (Lipinski definition) is 1. The Morgan fingerprint density at radius 2 is 2.17 bits per heavy atom. The number of aromatic nitrogens is 5. The Morgan fingerprint density at radius 1 is 1.30 bits per heavy atom. The number of nitrogens with one attached hydrogen (secondary N) is 1. The van der Waals surface area contributed by atoms with Gasteiger partial charge in [0.1, 0.15) is 17.5 Å². The van der Waals surface area contributed by atoms with Crippen LogP contribution in [0.1, 0.15) is 41.5 Å². The summed E-state index contributed by atoms with van der Waals surface area (Å²) in [6.07, 6.45) is 10.6. The molecule has 4 heterocycles. The van der Waals surface area contributed by atoms with Gasteiger partial charge in [0, 0.05) is 43.7 Å². The summed E-state index contributed by atoms with van der Waals surface area (Å²) in [5.41, 5.74) is 2.78. The maximum Gasteiger partial charge on any atom is 0.247 e. The zero-order valence-corrected chi connectivity index (χ0v) is 17.4. The number of hydrogen-bond acceptors (Lipinski definition) is 6. The van der Waals surface area contributed by atoms with E-state index in [0.717, 1.165) is 35.5 Å². The molecule has 1 N–H and O–H groups in total. The molecule has 0 aliphatic carbocycles. The largest absolute Gasteiger partial charge is 0.331 e. The average molecular weight is 403 g/mol. The fraction of sp³-hybridized carbons (Fsp3) is 0.318. The van der Waals surface area contributed by atoms with Gasteiger partial charge in [-0.1, -0.05) is 6.07 Å².